The highest BCUT2D eigenvalue weighted by Crippen LogP contribution is 2.30. The molecule has 0 saturated heterocycles. The molecule has 0 atom stereocenters. The number of aromatic nitrogens is 5. The van der Waals surface area contributed by atoms with Gasteiger partial charge in [0.1, 0.15) is 17.3 Å². The van der Waals surface area contributed by atoms with Crippen molar-refractivity contribution in [2.45, 2.75) is 19.8 Å². The van der Waals surface area contributed by atoms with E-state index in [-0.39, 0.29) is 29.1 Å². The molecular formula is C23H24FN7O6S. The topological polar surface area (TPSA) is 170 Å². The van der Waals surface area contributed by atoms with Gasteiger partial charge in [-0.3, -0.25) is 18.8 Å². The van der Waals surface area contributed by atoms with Crippen LogP contribution in [0.5, 0.6) is 11.6 Å². The van der Waals surface area contributed by atoms with Gasteiger partial charge in [0.05, 0.1) is 23.8 Å². The summed E-state index contributed by atoms with van der Waals surface area (Å²) in [6.45, 7) is 1.76. The first-order valence-electron chi connectivity index (χ1n) is 11.2. The van der Waals surface area contributed by atoms with Gasteiger partial charge in [-0.1, -0.05) is 0 Å². The van der Waals surface area contributed by atoms with Crippen molar-refractivity contribution in [3.05, 3.63) is 59.8 Å². The molecule has 38 heavy (non-hydrogen) atoms. The third-order valence-electron chi connectivity index (χ3n) is 5.14. The number of fused-ring (bicyclic) bond motifs is 1. The Morgan fingerprint density at radius 1 is 1.13 bits per heavy atom. The smallest absolute Gasteiger partial charge is 0.274 e. The fourth-order valence-electron chi connectivity index (χ4n) is 3.35. The van der Waals surface area contributed by atoms with Gasteiger partial charge in [0.25, 0.3) is 16.0 Å². The van der Waals surface area contributed by atoms with E-state index in [1.165, 1.54) is 27.4 Å². The average Bonchev–Trinajstić information content (AvgIpc) is 3.51. The number of aryl methyl sites for hydroxylation is 2. The van der Waals surface area contributed by atoms with Crippen molar-refractivity contribution in [1.29, 1.82) is 0 Å². The molecule has 1 fully saturated rings. The number of imidazole rings is 1. The minimum atomic E-state index is -3.67. The van der Waals surface area contributed by atoms with Gasteiger partial charge in [0, 0.05) is 25.1 Å². The van der Waals surface area contributed by atoms with Crippen LogP contribution in [-0.4, -0.2) is 55.4 Å². The summed E-state index contributed by atoms with van der Waals surface area (Å²) in [6.07, 6.45) is 4.11. The highest BCUT2D eigenvalue weighted by atomic mass is 32.2. The number of ether oxygens (including phenoxy) is 1. The maximum atomic E-state index is 14.3. The third-order valence-corrected chi connectivity index (χ3v) is 5.14. The first kappa shape index (κ1) is 26.7. The lowest BCUT2D eigenvalue weighted by Gasteiger charge is -2.10. The number of rotatable bonds is 6. The van der Waals surface area contributed by atoms with Gasteiger partial charge in [-0.2, -0.15) is 13.5 Å². The minimum absolute atomic E-state index is 0.0369. The number of hydrogen-bond donors (Lipinski definition) is 3. The normalized spacial score (nSPS) is 13.0. The minimum Gasteiger partial charge on any atom is -0.438 e. The van der Waals surface area contributed by atoms with E-state index in [0.29, 0.717) is 29.1 Å². The zero-order chi connectivity index (χ0) is 27.6. The van der Waals surface area contributed by atoms with Crippen LogP contribution >= 0.6 is 0 Å². The summed E-state index contributed by atoms with van der Waals surface area (Å²) in [5, 5.41) is 13.8. The van der Waals surface area contributed by atoms with E-state index in [4.69, 9.17) is 9.29 Å². The van der Waals surface area contributed by atoms with Crippen LogP contribution < -0.4 is 15.4 Å². The van der Waals surface area contributed by atoms with Crippen LogP contribution in [0.1, 0.15) is 29.0 Å². The molecule has 2 amide bonds. The van der Waals surface area contributed by atoms with E-state index < -0.39 is 21.8 Å². The Labute approximate surface area is 216 Å². The number of carbonyl (C=O) groups excluding carboxylic acids is 2. The van der Waals surface area contributed by atoms with E-state index in [9.17, 15) is 22.4 Å². The Kier molecular flexibility index (Phi) is 7.41. The second kappa shape index (κ2) is 10.5. The van der Waals surface area contributed by atoms with Crippen LogP contribution in [0.2, 0.25) is 0 Å². The van der Waals surface area contributed by atoms with E-state index in [2.05, 4.69) is 25.8 Å². The Hall–Kier alpha value is -4.37. The molecule has 0 radical (unpaired) electrons. The van der Waals surface area contributed by atoms with E-state index in [1.807, 2.05) is 0 Å². The molecule has 0 aliphatic heterocycles. The molecule has 4 aromatic rings. The van der Waals surface area contributed by atoms with Crippen molar-refractivity contribution in [3.8, 4) is 11.6 Å². The van der Waals surface area contributed by atoms with Crippen LogP contribution in [0.15, 0.2) is 42.6 Å². The van der Waals surface area contributed by atoms with Gasteiger partial charge in [-0.05, 0) is 44.0 Å². The predicted molar refractivity (Wildman–Crippen MR) is 134 cm³/mol. The molecule has 1 aromatic carbocycles. The molecule has 1 aliphatic carbocycles. The predicted octanol–water partition coefficient (Wildman–Crippen LogP) is 2.81. The van der Waals surface area contributed by atoms with E-state index in [1.54, 1.807) is 38.4 Å². The van der Waals surface area contributed by atoms with Crippen LogP contribution in [0.3, 0.4) is 0 Å². The quantitative estimate of drug-likeness (QED) is 0.308. The standard InChI is InChI=1S/C22H20FN7O3.CH4O3S/c1-12-9-17(29(2)27-12)22(32)24-16-10-14(5-6-15(16)23)33-20-8-7-19-25-18(11-30(19)28-20)26-21(31)13-3-4-13;1-5(2,3)4/h5-11,13H,3-4H2,1-2H3,(H,24,32)(H,26,31);1H3,(H,2,3,4). The van der Waals surface area contributed by atoms with Gasteiger partial charge in [-0.25, -0.2) is 13.9 Å². The molecule has 15 heteroatoms. The summed E-state index contributed by atoms with van der Waals surface area (Å²) >= 11 is 0. The van der Waals surface area contributed by atoms with Gasteiger partial charge in [0.15, 0.2) is 11.5 Å². The molecular weight excluding hydrogens is 521 g/mol. The van der Waals surface area contributed by atoms with Gasteiger partial charge in [-0.15, -0.1) is 5.10 Å². The monoisotopic (exact) mass is 545 g/mol. The summed E-state index contributed by atoms with van der Waals surface area (Å²) in [5.41, 5.74) is 1.48. The highest BCUT2D eigenvalue weighted by molar-refractivity contribution is 7.85. The summed E-state index contributed by atoms with van der Waals surface area (Å²) in [4.78, 5) is 28.8. The number of nitrogens with one attached hydrogen (secondary N) is 2. The maximum Gasteiger partial charge on any atom is 0.274 e. The van der Waals surface area contributed by atoms with Crippen molar-refractivity contribution >= 4 is 39.1 Å². The molecule has 5 rings (SSSR count). The number of carbonyl (C=O) groups is 2. The van der Waals surface area contributed by atoms with Crippen molar-refractivity contribution < 1.29 is 31.7 Å². The molecule has 0 spiro atoms. The fourth-order valence-corrected chi connectivity index (χ4v) is 3.35. The van der Waals surface area contributed by atoms with Crippen LogP contribution in [0.25, 0.3) is 5.65 Å². The van der Waals surface area contributed by atoms with Crippen molar-refractivity contribution in [1.82, 2.24) is 24.4 Å². The van der Waals surface area contributed by atoms with Gasteiger partial charge < -0.3 is 15.4 Å². The molecule has 1 aliphatic rings. The number of halogens is 1. The zero-order valence-electron chi connectivity index (χ0n) is 20.5. The Morgan fingerprint density at radius 3 is 2.47 bits per heavy atom. The van der Waals surface area contributed by atoms with Crippen molar-refractivity contribution in [3.63, 3.8) is 0 Å². The van der Waals surface area contributed by atoms with Crippen LogP contribution in [0, 0.1) is 18.7 Å². The zero-order valence-corrected chi connectivity index (χ0v) is 21.4. The number of hydrogen-bond acceptors (Lipinski definition) is 8. The lowest BCUT2D eigenvalue weighted by Crippen LogP contribution is -2.16. The number of amides is 2. The summed E-state index contributed by atoms with van der Waals surface area (Å²) < 4.78 is 48.8. The molecule has 0 unspecified atom stereocenters. The molecule has 200 valence electrons. The van der Waals surface area contributed by atoms with Gasteiger partial charge >= 0.3 is 0 Å². The second-order valence-corrected chi connectivity index (χ2v) is 10.1. The molecule has 3 heterocycles. The first-order valence-corrected chi connectivity index (χ1v) is 13.1. The van der Waals surface area contributed by atoms with Crippen LogP contribution in [0.4, 0.5) is 15.9 Å². The summed E-state index contributed by atoms with van der Waals surface area (Å²) in [5.74, 6) is -0.160. The number of anilines is 2. The lowest BCUT2D eigenvalue weighted by molar-refractivity contribution is -0.117. The molecule has 13 nitrogen and oxygen atoms in total. The van der Waals surface area contributed by atoms with Crippen LogP contribution in [-0.2, 0) is 22.0 Å². The fraction of sp³-hybridized carbons (Fsp3) is 0.261. The Balaban J connectivity index is 0.000000617. The SMILES string of the molecule is CS(=O)(=O)O.Cc1cc(C(=O)Nc2cc(Oc3ccc4nc(NC(=O)C5CC5)cn4n3)ccc2F)n(C)n1. The van der Waals surface area contributed by atoms with E-state index >= 15 is 0 Å². The molecule has 0 bridgehead atoms. The lowest BCUT2D eigenvalue weighted by atomic mass is 10.2. The number of nitrogens with zero attached hydrogens (tertiary/aromatic N) is 5. The summed E-state index contributed by atoms with van der Waals surface area (Å²) in [6, 6.07) is 8.90. The largest absolute Gasteiger partial charge is 0.438 e. The Morgan fingerprint density at radius 2 is 1.84 bits per heavy atom. The van der Waals surface area contributed by atoms with E-state index in [0.717, 1.165) is 12.8 Å². The molecule has 3 N–H and O–H groups in total. The second-order valence-electron chi connectivity index (χ2n) is 8.59. The maximum absolute atomic E-state index is 14.3. The summed E-state index contributed by atoms with van der Waals surface area (Å²) in [7, 11) is -2.03. The molecule has 3 aromatic heterocycles. The third kappa shape index (κ3) is 7.10. The average molecular weight is 546 g/mol. The Bertz CT molecular complexity index is 1620. The van der Waals surface area contributed by atoms with Crippen molar-refractivity contribution in [2.75, 3.05) is 16.9 Å². The first-order chi connectivity index (χ1) is 17.9. The van der Waals surface area contributed by atoms with Crippen molar-refractivity contribution in [2.24, 2.45) is 13.0 Å². The molecule has 1 saturated carbocycles. The highest BCUT2D eigenvalue weighted by Gasteiger charge is 2.30. The van der Waals surface area contributed by atoms with Gasteiger partial charge in [0.2, 0.25) is 11.8 Å². The number of benzene rings is 1.